The number of carboxylic acid groups (broad SMARTS) is 1. The Labute approximate surface area is 255 Å². The van der Waals surface area contributed by atoms with Gasteiger partial charge in [-0.15, -0.1) is 0 Å². The van der Waals surface area contributed by atoms with Crippen LogP contribution in [0.1, 0.15) is 35.2 Å². The number of carboxylic acids is 1. The molecule has 1 unspecified atom stereocenters. The average Bonchev–Trinajstić information content (AvgIpc) is 3.17. The summed E-state index contributed by atoms with van der Waals surface area (Å²) in [5, 5.41) is 10.2. The van der Waals surface area contributed by atoms with Crippen LogP contribution in [-0.4, -0.2) is 58.0 Å². The minimum absolute atomic E-state index is 0.0234. The van der Waals surface area contributed by atoms with Crippen LogP contribution in [-0.2, 0) is 34.7 Å². The summed E-state index contributed by atoms with van der Waals surface area (Å²) in [6.45, 7) is 1.20. The minimum atomic E-state index is -5.08. The number of halogens is 9. The third kappa shape index (κ3) is 8.46. The van der Waals surface area contributed by atoms with Crippen molar-refractivity contribution in [3.05, 3.63) is 65.0 Å². The highest BCUT2D eigenvalue weighted by Gasteiger charge is 2.41. The molecule has 0 spiro atoms. The van der Waals surface area contributed by atoms with E-state index < -0.39 is 35.6 Å². The van der Waals surface area contributed by atoms with E-state index in [9.17, 15) is 39.5 Å². The number of aliphatic carboxylic acids is 1. The van der Waals surface area contributed by atoms with Gasteiger partial charge in [0.15, 0.2) is 0 Å². The van der Waals surface area contributed by atoms with E-state index in [1.54, 1.807) is 4.90 Å². The molecule has 1 aromatic carbocycles. The maximum Gasteiger partial charge on any atom is 0.490 e. The molecule has 3 aromatic rings. The fourth-order valence-electron chi connectivity index (χ4n) is 5.30. The Balaban J connectivity index is 0.000000617. The van der Waals surface area contributed by atoms with E-state index in [2.05, 4.69) is 20.3 Å². The van der Waals surface area contributed by atoms with Crippen molar-refractivity contribution < 1.29 is 54.2 Å². The highest BCUT2D eigenvalue weighted by molar-refractivity contribution is 5.73. The molecule has 250 valence electrons. The number of nitrogen functional groups attached to an aromatic ring is 1. The molecule has 0 amide bonds. The number of fused-ring (bicyclic) bond motifs is 1. The number of carbonyl (C=O) groups is 1. The fraction of sp³-hybridized carbons (Fsp3) is 0.429. The Kier molecular flexibility index (Phi) is 10.2. The highest BCUT2D eigenvalue weighted by atomic mass is 19.4. The Hall–Kier alpha value is -4.35. The number of aromatic nitrogens is 3. The van der Waals surface area contributed by atoms with Gasteiger partial charge in [0.05, 0.1) is 16.8 Å². The van der Waals surface area contributed by atoms with Gasteiger partial charge in [0.2, 0.25) is 5.95 Å². The van der Waals surface area contributed by atoms with Crippen LogP contribution >= 0.6 is 0 Å². The standard InChI is InChI=1S/C26H26F6N6O.C2HF3O2/c27-25(28,29)16-3-5-17(6-4-16)35-22-18-7-11-38(23-19(26(30,31)32)2-1-10-34-23)21(15-8-12-39-13-9-15)14-20(18)36-24(33)37-22;3-2(4,5)1(6)7/h1-6,10,15,21H,7-9,11-14H2,(H3,33,35,36,37);(H,6,7). The first-order valence-corrected chi connectivity index (χ1v) is 13.7. The molecule has 46 heavy (non-hydrogen) atoms. The van der Waals surface area contributed by atoms with Crippen LogP contribution in [0.25, 0.3) is 0 Å². The predicted octanol–water partition coefficient (Wildman–Crippen LogP) is 6.27. The van der Waals surface area contributed by atoms with Crippen LogP contribution in [0.5, 0.6) is 0 Å². The van der Waals surface area contributed by atoms with Gasteiger partial charge in [0, 0.05) is 49.7 Å². The second-order valence-corrected chi connectivity index (χ2v) is 10.4. The molecule has 9 nitrogen and oxygen atoms in total. The van der Waals surface area contributed by atoms with E-state index in [4.69, 9.17) is 20.4 Å². The number of rotatable bonds is 4. The van der Waals surface area contributed by atoms with Crippen molar-refractivity contribution in [1.82, 2.24) is 15.0 Å². The third-order valence-corrected chi connectivity index (χ3v) is 7.41. The number of hydrogen-bond donors (Lipinski definition) is 3. The van der Waals surface area contributed by atoms with E-state index in [1.807, 2.05) is 0 Å². The Morgan fingerprint density at radius 2 is 1.59 bits per heavy atom. The molecule has 1 saturated heterocycles. The van der Waals surface area contributed by atoms with Gasteiger partial charge in [-0.1, -0.05) is 0 Å². The van der Waals surface area contributed by atoms with Crippen LogP contribution in [0.4, 0.5) is 62.8 Å². The van der Waals surface area contributed by atoms with Crippen molar-refractivity contribution >= 4 is 29.2 Å². The van der Waals surface area contributed by atoms with E-state index in [-0.39, 0.29) is 36.7 Å². The molecule has 0 radical (unpaired) electrons. The molecule has 0 saturated carbocycles. The first-order valence-electron chi connectivity index (χ1n) is 13.7. The van der Waals surface area contributed by atoms with Crippen molar-refractivity contribution in [1.29, 1.82) is 0 Å². The number of nitrogens with two attached hydrogens (primary N) is 1. The third-order valence-electron chi connectivity index (χ3n) is 7.41. The molecular formula is C28H27F9N6O3. The topological polar surface area (TPSA) is 126 Å². The lowest BCUT2D eigenvalue weighted by molar-refractivity contribution is -0.192. The minimum Gasteiger partial charge on any atom is -0.475 e. The van der Waals surface area contributed by atoms with Crippen LogP contribution in [0.3, 0.4) is 0 Å². The first-order chi connectivity index (χ1) is 21.4. The number of anilines is 4. The van der Waals surface area contributed by atoms with Crippen LogP contribution < -0.4 is 16.0 Å². The Morgan fingerprint density at radius 1 is 0.957 bits per heavy atom. The molecule has 0 bridgehead atoms. The van der Waals surface area contributed by atoms with Crippen LogP contribution in [0, 0.1) is 5.92 Å². The van der Waals surface area contributed by atoms with Gasteiger partial charge in [-0.25, -0.2) is 14.8 Å². The molecular weight excluding hydrogens is 639 g/mol. The summed E-state index contributed by atoms with van der Waals surface area (Å²) < 4.78 is 118. The molecule has 2 aliphatic heterocycles. The molecule has 2 aliphatic rings. The summed E-state index contributed by atoms with van der Waals surface area (Å²) in [5.74, 6) is -2.62. The summed E-state index contributed by atoms with van der Waals surface area (Å²) in [4.78, 5) is 23.5. The van der Waals surface area contributed by atoms with E-state index in [1.165, 1.54) is 24.4 Å². The average molecular weight is 667 g/mol. The molecule has 4 heterocycles. The van der Waals surface area contributed by atoms with Crippen molar-refractivity contribution in [3.63, 3.8) is 0 Å². The largest absolute Gasteiger partial charge is 0.490 e. The van der Waals surface area contributed by atoms with Crippen LogP contribution in [0.15, 0.2) is 42.6 Å². The summed E-state index contributed by atoms with van der Waals surface area (Å²) >= 11 is 0. The number of benzene rings is 1. The summed E-state index contributed by atoms with van der Waals surface area (Å²) in [6.07, 6.45) is -10.9. The lowest BCUT2D eigenvalue weighted by Gasteiger charge is -2.39. The second-order valence-electron chi connectivity index (χ2n) is 10.4. The maximum atomic E-state index is 14.0. The predicted molar refractivity (Wildman–Crippen MR) is 146 cm³/mol. The van der Waals surface area contributed by atoms with Gasteiger partial charge in [0.25, 0.3) is 0 Å². The van der Waals surface area contributed by atoms with E-state index in [0.29, 0.717) is 55.2 Å². The number of alkyl halides is 9. The van der Waals surface area contributed by atoms with E-state index in [0.717, 1.165) is 18.2 Å². The van der Waals surface area contributed by atoms with Gasteiger partial charge in [-0.05, 0) is 61.6 Å². The SMILES string of the molecule is Nc1nc2c(c(Nc3ccc(C(F)(F)F)cc3)n1)CCN(c1ncccc1C(F)(F)F)C(C1CCOCC1)C2.O=C(O)C(F)(F)F. The maximum absolute atomic E-state index is 14.0. The van der Waals surface area contributed by atoms with Gasteiger partial charge in [0.1, 0.15) is 11.6 Å². The van der Waals surface area contributed by atoms with E-state index >= 15 is 0 Å². The smallest absolute Gasteiger partial charge is 0.475 e. The van der Waals surface area contributed by atoms with Crippen LogP contribution in [0.2, 0.25) is 0 Å². The molecule has 1 fully saturated rings. The molecule has 2 aromatic heterocycles. The lowest BCUT2D eigenvalue weighted by atomic mass is 9.87. The van der Waals surface area contributed by atoms with Crippen molar-refractivity contribution in [2.24, 2.45) is 5.92 Å². The van der Waals surface area contributed by atoms with Crippen molar-refractivity contribution in [2.45, 2.75) is 50.3 Å². The fourth-order valence-corrected chi connectivity index (χ4v) is 5.30. The summed E-state index contributed by atoms with van der Waals surface area (Å²) in [5.41, 5.74) is 5.99. The number of nitrogens with one attached hydrogen (secondary N) is 1. The zero-order valence-corrected chi connectivity index (χ0v) is 23.7. The first kappa shape index (κ1) is 34.5. The van der Waals surface area contributed by atoms with Gasteiger partial charge in [-0.2, -0.15) is 44.5 Å². The Morgan fingerprint density at radius 3 is 2.15 bits per heavy atom. The quantitative estimate of drug-likeness (QED) is 0.276. The second kappa shape index (κ2) is 13.6. The van der Waals surface area contributed by atoms with Crippen molar-refractivity contribution in [2.75, 3.05) is 35.7 Å². The number of nitrogens with zero attached hydrogens (tertiary/aromatic N) is 4. The highest BCUT2D eigenvalue weighted by Crippen LogP contribution is 2.40. The number of ether oxygens (including phenoxy) is 1. The number of pyridine rings is 1. The van der Waals surface area contributed by atoms with Crippen molar-refractivity contribution in [3.8, 4) is 0 Å². The normalized spacial score (nSPS) is 17.8. The Bertz CT molecular complexity index is 1510. The number of hydrogen-bond acceptors (Lipinski definition) is 8. The zero-order valence-electron chi connectivity index (χ0n) is 23.7. The molecule has 18 heteroatoms. The zero-order chi connectivity index (χ0) is 33.9. The summed E-state index contributed by atoms with van der Waals surface area (Å²) in [7, 11) is 0. The molecule has 1 atom stereocenters. The monoisotopic (exact) mass is 666 g/mol. The van der Waals surface area contributed by atoms with Gasteiger partial charge in [-0.3, -0.25) is 0 Å². The van der Waals surface area contributed by atoms with Gasteiger partial charge >= 0.3 is 24.5 Å². The summed E-state index contributed by atoms with van der Waals surface area (Å²) in [6, 6.07) is 6.40. The lowest BCUT2D eigenvalue weighted by Crippen LogP contribution is -2.45. The molecule has 4 N–H and O–H groups in total. The molecule has 5 rings (SSSR count). The molecule has 0 aliphatic carbocycles. The van der Waals surface area contributed by atoms with Gasteiger partial charge < -0.3 is 25.8 Å².